The molecule has 1 aliphatic rings. The third-order valence-corrected chi connectivity index (χ3v) is 4.38. The van der Waals surface area contributed by atoms with Gasteiger partial charge in [0.2, 0.25) is 0 Å². The zero-order valence-electron chi connectivity index (χ0n) is 14.1. The van der Waals surface area contributed by atoms with Crippen molar-refractivity contribution in [2.75, 3.05) is 32.7 Å². The van der Waals surface area contributed by atoms with Crippen molar-refractivity contribution in [3.05, 3.63) is 53.1 Å². The van der Waals surface area contributed by atoms with Gasteiger partial charge in [-0.15, -0.1) is 0 Å². The first kappa shape index (κ1) is 15.7. The molecule has 0 atom stereocenters. The summed E-state index contributed by atoms with van der Waals surface area (Å²) in [6, 6.07) is 12.8. The smallest absolute Gasteiger partial charge is 0.161 e. The molecule has 4 heteroatoms. The standard InChI is InChI=1S/C19H24N2O2/c1-21-9-8-16-10-14(4-6-17(16)21)12-20-13-15-5-7-18(22-2)19(11-15)23-3/h4-7,10-11,20H,8-9,12-13H2,1-3H3. The largest absolute Gasteiger partial charge is 0.493 e. The van der Waals surface area contributed by atoms with E-state index in [1.54, 1.807) is 14.2 Å². The molecule has 0 unspecified atom stereocenters. The van der Waals surface area contributed by atoms with Crippen LogP contribution in [0.1, 0.15) is 16.7 Å². The molecule has 0 saturated carbocycles. The van der Waals surface area contributed by atoms with E-state index in [4.69, 9.17) is 9.47 Å². The minimum atomic E-state index is 0.763. The van der Waals surface area contributed by atoms with Crippen LogP contribution in [0.3, 0.4) is 0 Å². The second kappa shape index (κ2) is 6.92. The van der Waals surface area contributed by atoms with Gasteiger partial charge in [-0.1, -0.05) is 18.2 Å². The lowest BCUT2D eigenvalue weighted by Gasteiger charge is -2.13. The number of benzene rings is 2. The van der Waals surface area contributed by atoms with Crippen LogP contribution in [-0.4, -0.2) is 27.8 Å². The summed E-state index contributed by atoms with van der Waals surface area (Å²) >= 11 is 0. The highest BCUT2D eigenvalue weighted by atomic mass is 16.5. The van der Waals surface area contributed by atoms with Crippen molar-refractivity contribution in [2.24, 2.45) is 0 Å². The highest BCUT2D eigenvalue weighted by Crippen LogP contribution is 2.28. The predicted molar refractivity (Wildman–Crippen MR) is 93.5 cm³/mol. The van der Waals surface area contributed by atoms with E-state index in [0.717, 1.165) is 37.6 Å². The first-order valence-corrected chi connectivity index (χ1v) is 7.96. The number of nitrogens with zero attached hydrogens (tertiary/aromatic N) is 1. The number of nitrogens with one attached hydrogen (secondary N) is 1. The lowest BCUT2D eigenvalue weighted by Crippen LogP contribution is -2.13. The number of rotatable bonds is 6. The van der Waals surface area contributed by atoms with Crippen LogP contribution in [0.25, 0.3) is 0 Å². The number of methoxy groups -OCH3 is 2. The van der Waals surface area contributed by atoms with Crippen molar-refractivity contribution < 1.29 is 9.47 Å². The Labute approximate surface area is 138 Å². The molecule has 0 saturated heterocycles. The molecule has 2 aromatic rings. The fourth-order valence-corrected chi connectivity index (χ4v) is 3.07. The average Bonchev–Trinajstić information content (AvgIpc) is 2.95. The maximum Gasteiger partial charge on any atom is 0.161 e. The first-order chi connectivity index (χ1) is 11.2. The van der Waals surface area contributed by atoms with Crippen LogP contribution in [0, 0.1) is 0 Å². The minimum Gasteiger partial charge on any atom is -0.493 e. The average molecular weight is 312 g/mol. The molecule has 1 heterocycles. The van der Waals surface area contributed by atoms with Crippen molar-refractivity contribution in [2.45, 2.75) is 19.5 Å². The van der Waals surface area contributed by atoms with Crippen LogP contribution in [0.15, 0.2) is 36.4 Å². The van der Waals surface area contributed by atoms with Crippen LogP contribution in [-0.2, 0) is 19.5 Å². The molecule has 0 bridgehead atoms. The van der Waals surface area contributed by atoms with Gasteiger partial charge in [0.1, 0.15) is 0 Å². The van der Waals surface area contributed by atoms with Crippen LogP contribution in [0.2, 0.25) is 0 Å². The monoisotopic (exact) mass is 312 g/mol. The Morgan fingerprint density at radius 3 is 2.39 bits per heavy atom. The second-order valence-corrected chi connectivity index (χ2v) is 5.93. The molecular weight excluding hydrogens is 288 g/mol. The lowest BCUT2D eigenvalue weighted by atomic mass is 10.1. The Kier molecular flexibility index (Phi) is 4.72. The van der Waals surface area contributed by atoms with Crippen molar-refractivity contribution >= 4 is 5.69 Å². The number of ether oxygens (including phenoxy) is 2. The van der Waals surface area contributed by atoms with Crippen molar-refractivity contribution in [3.8, 4) is 11.5 Å². The maximum absolute atomic E-state index is 5.34. The SMILES string of the molecule is COc1ccc(CNCc2ccc3c(c2)CCN3C)cc1OC. The van der Waals surface area contributed by atoms with Crippen LogP contribution >= 0.6 is 0 Å². The number of fused-ring (bicyclic) bond motifs is 1. The van der Waals surface area contributed by atoms with Gasteiger partial charge in [0.25, 0.3) is 0 Å². The van der Waals surface area contributed by atoms with E-state index in [-0.39, 0.29) is 0 Å². The maximum atomic E-state index is 5.34. The Hall–Kier alpha value is -2.20. The van der Waals surface area contributed by atoms with Gasteiger partial charge in [-0.2, -0.15) is 0 Å². The molecule has 0 amide bonds. The third-order valence-electron chi connectivity index (χ3n) is 4.38. The van der Waals surface area contributed by atoms with Gasteiger partial charge >= 0.3 is 0 Å². The van der Waals surface area contributed by atoms with Crippen molar-refractivity contribution in [1.29, 1.82) is 0 Å². The molecule has 1 N–H and O–H groups in total. The van der Waals surface area contributed by atoms with E-state index in [1.165, 1.54) is 22.4 Å². The molecule has 0 aromatic heterocycles. The zero-order chi connectivity index (χ0) is 16.2. The van der Waals surface area contributed by atoms with Gasteiger partial charge in [-0.25, -0.2) is 0 Å². The Bertz CT molecular complexity index is 674. The quantitative estimate of drug-likeness (QED) is 0.889. The predicted octanol–water partition coefficient (Wildman–Crippen LogP) is 2.99. The van der Waals surface area contributed by atoms with Crippen LogP contribution < -0.4 is 19.7 Å². The summed E-state index contributed by atoms with van der Waals surface area (Å²) in [5.41, 5.74) is 5.34. The Morgan fingerprint density at radius 1 is 0.957 bits per heavy atom. The summed E-state index contributed by atoms with van der Waals surface area (Å²) < 4.78 is 10.6. The summed E-state index contributed by atoms with van der Waals surface area (Å²) in [6.07, 6.45) is 1.15. The van der Waals surface area contributed by atoms with Gasteiger partial charge in [0.05, 0.1) is 14.2 Å². The molecule has 23 heavy (non-hydrogen) atoms. The minimum absolute atomic E-state index is 0.763. The molecular formula is C19H24N2O2. The van der Waals surface area contributed by atoms with E-state index in [9.17, 15) is 0 Å². The van der Waals surface area contributed by atoms with Gasteiger partial charge < -0.3 is 19.7 Å². The molecule has 3 rings (SSSR count). The molecule has 0 radical (unpaired) electrons. The third kappa shape index (κ3) is 3.42. The van der Waals surface area contributed by atoms with E-state index in [0.29, 0.717) is 0 Å². The molecule has 0 spiro atoms. The Morgan fingerprint density at radius 2 is 1.65 bits per heavy atom. The number of likely N-dealkylation sites (N-methyl/N-ethyl adjacent to an activating group) is 1. The fourth-order valence-electron chi connectivity index (χ4n) is 3.07. The molecule has 4 nitrogen and oxygen atoms in total. The lowest BCUT2D eigenvalue weighted by molar-refractivity contribution is 0.354. The highest BCUT2D eigenvalue weighted by Gasteiger charge is 2.15. The first-order valence-electron chi connectivity index (χ1n) is 7.96. The highest BCUT2D eigenvalue weighted by molar-refractivity contribution is 5.58. The molecule has 1 aliphatic heterocycles. The fraction of sp³-hybridized carbons (Fsp3) is 0.368. The van der Waals surface area contributed by atoms with Gasteiger partial charge in [0.15, 0.2) is 11.5 Å². The van der Waals surface area contributed by atoms with Crippen molar-refractivity contribution in [3.63, 3.8) is 0 Å². The Balaban J connectivity index is 1.59. The molecule has 2 aromatic carbocycles. The summed E-state index contributed by atoms with van der Waals surface area (Å²) in [5, 5.41) is 3.50. The number of hydrogen-bond donors (Lipinski definition) is 1. The number of hydrogen-bond acceptors (Lipinski definition) is 4. The zero-order valence-corrected chi connectivity index (χ0v) is 14.1. The van der Waals surface area contributed by atoms with Gasteiger partial charge in [-0.3, -0.25) is 0 Å². The summed E-state index contributed by atoms with van der Waals surface area (Å²) in [7, 11) is 5.47. The van der Waals surface area contributed by atoms with Gasteiger partial charge in [0, 0.05) is 32.4 Å². The topological polar surface area (TPSA) is 33.7 Å². The van der Waals surface area contributed by atoms with Crippen molar-refractivity contribution in [1.82, 2.24) is 5.32 Å². The molecule has 122 valence electrons. The van der Waals surface area contributed by atoms with E-state index in [1.807, 2.05) is 12.1 Å². The summed E-state index contributed by atoms with van der Waals surface area (Å²) in [4.78, 5) is 2.32. The van der Waals surface area contributed by atoms with E-state index >= 15 is 0 Å². The van der Waals surface area contributed by atoms with Gasteiger partial charge in [-0.05, 0) is 41.3 Å². The van der Waals surface area contributed by atoms with E-state index in [2.05, 4.69) is 41.5 Å². The summed E-state index contributed by atoms with van der Waals surface area (Å²) in [6.45, 7) is 2.79. The molecule has 0 aliphatic carbocycles. The van der Waals surface area contributed by atoms with Crippen LogP contribution in [0.5, 0.6) is 11.5 Å². The van der Waals surface area contributed by atoms with E-state index < -0.39 is 0 Å². The molecule has 0 fully saturated rings. The second-order valence-electron chi connectivity index (χ2n) is 5.93. The normalized spacial score (nSPS) is 13.1. The van der Waals surface area contributed by atoms with Crippen LogP contribution in [0.4, 0.5) is 5.69 Å². The summed E-state index contributed by atoms with van der Waals surface area (Å²) in [5.74, 6) is 1.53. The number of anilines is 1.